The maximum Gasteiger partial charge on any atom is 0.306 e. The highest BCUT2D eigenvalue weighted by Crippen LogP contribution is 2.41. The maximum atomic E-state index is 11.2. The van der Waals surface area contributed by atoms with Gasteiger partial charge in [0.1, 0.15) is 0 Å². The van der Waals surface area contributed by atoms with Crippen LogP contribution in [-0.4, -0.2) is 17.0 Å². The van der Waals surface area contributed by atoms with Crippen LogP contribution in [0.5, 0.6) is 0 Å². The molecular weight excluding hydrogens is 218 g/mol. The van der Waals surface area contributed by atoms with Crippen LogP contribution < -0.4 is 5.32 Å². The van der Waals surface area contributed by atoms with E-state index in [9.17, 15) is 9.59 Å². The third-order valence-corrected chi connectivity index (χ3v) is 3.53. The van der Waals surface area contributed by atoms with E-state index in [0.29, 0.717) is 6.42 Å². The van der Waals surface area contributed by atoms with Gasteiger partial charge in [-0.2, -0.15) is 0 Å². The average molecular weight is 231 g/mol. The van der Waals surface area contributed by atoms with Crippen molar-refractivity contribution >= 4 is 17.6 Å². The molecule has 1 fully saturated rings. The fraction of sp³-hybridized carbons (Fsp3) is 0.385. The van der Waals surface area contributed by atoms with Crippen LogP contribution in [0.3, 0.4) is 0 Å². The summed E-state index contributed by atoms with van der Waals surface area (Å²) in [5.74, 6) is -0.543. The first-order valence-electron chi connectivity index (χ1n) is 5.78. The topological polar surface area (TPSA) is 66.4 Å². The minimum Gasteiger partial charge on any atom is -0.481 e. The zero-order valence-corrected chi connectivity index (χ0v) is 9.27. The maximum absolute atomic E-state index is 11.2. The van der Waals surface area contributed by atoms with Gasteiger partial charge in [0.25, 0.3) is 0 Å². The van der Waals surface area contributed by atoms with Gasteiger partial charge in [-0.05, 0) is 36.0 Å². The largest absolute Gasteiger partial charge is 0.481 e. The molecule has 2 unspecified atom stereocenters. The third kappa shape index (κ3) is 1.90. The van der Waals surface area contributed by atoms with E-state index in [4.69, 9.17) is 5.11 Å². The molecule has 17 heavy (non-hydrogen) atoms. The number of fused-ring (bicyclic) bond motifs is 1. The van der Waals surface area contributed by atoms with E-state index in [0.717, 1.165) is 29.7 Å². The molecule has 2 aliphatic rings. The van der Waals surface area contributed by atoms with Gasteiger partial charge >= 0.3 is 5.97 Å². The van der Waals surface area contributed by atoms with E-state index >= 15 is 0 Å². The van der Waals surface area contributed by atoms with E-state index in [2.05, 4.69) is 5.32 Å². The zero-order valence-electron chi connectivity index (χ0n) is 9.27. The summed E-state index contributed by atoms with van der Waals surface area (Å²) in [4.78, 5) is 21.9. The number of amides is 1. The van der Waals surface area contributed by atoms with E-state index in [-0.39, 0.29) is 17.7 Å². The SMILES string of the molecule is O=C1Cc2cc(CC3CC3C(=O)O)ccc2N1. The van der Waals surface area contributed by atoms with Crippen molar-refractivity contribution in [3.05, 3.63) is 29.3 Å². The second kappa shape index (κ2) is 3.58. The number of carbonyl (C=O) groups excluding carboxylic acids is 1. The highest BCUT2D eigenvalue weighted by Gasteiger charge is 2.42. The van der Waals surface area contributed by atoms with Crippen LogP contribution in [-0.2, 0) is 22.4 Å². The van der Waals surface area contributed by atoms with Crippen LogP contribution in [0.15, 0.2) is 18.2 Å². The number of benzene rings is 1. The van der Waals surface area contributed by atoms with Gasteiger partial charge in [0.2, 0.25) is 5.91 Å². The monoisotopic (exact) mass is 231 g/mol. The van der Waals surface area contributed by atoms with E-state index < -0.39 is 5.97 Å². The lowest BCUT2D eigenvalue weighted by Crippen LogP contribution is -2.03. The Labute approximate surface area is 98.6 Å². The fourth-order valence-corrected chi connectivity index (χ4v) is 2.49. The second-order valence-corrected chi connectivity index (χ2v) is 4.86. The van der Waals surface area contributed by atoms with Crippen LogP contribution in [0.1, 0.15) is 17.5 Å². The molecule has 4 heteroatoms. The fourth-order valence-electron chi connectivity index (χ4n) is 2.49. The minimum absolute atomic E-state index is 0.0342. The van der Waals surface area contributed by atoms with Crippen molar-refractivity contribution in [1.29, 1.82) is 0 Å². The molecule has 0 radical (unpaired) electrons. The second-order valence-electron chi connectivity index (χ2n) is 4.86. The van der Waals surface area contributed by atoms with Crippen molar-refractivity contribution in [2.24, 2.45) is 11.8 Å². The minimum atomic E-state index is -0.687. The number of carbonyl (C=O) groups is 2. The summed E-state index contributed by atoms with van der Waals surface area (Å²) in [7, 11) is 0. The van der Waals surface area contributed by atoms with Crippen molar-refractivity contribution < 1.29 is 14.7 Å². The molecule has 1 amide bonds. The number of hydrogen-bond acceptors (Lipinski definition) is 2. The Morgan fingerprint density at radius 3 is 3.00 bits per heavy atom. The standard InChI is InChI=1S/C13H13NO3/c15-12-6-9-4-7(1-2-11(9)14-12)3-8-5-10(8)13(16)17/h1-2,4,8,10H,3,5-6H2,(H,14,15)(H,16,17). The quantitative estimate of drug-likeness (QED) is 0.827. The molecule has 0 bridgehead atoms. The smallest absolute Gasteiger partial charge is 0.306 e. The summed E-state index contributed by atoms with van der Waals surface area (Å²) in [5, 5.41) is 11.6. The lowest BCUT2D eigenvalue weighted by Gasteiger charge is -2.03. The number of carboxylic acid groups (broad SMARTS) is 1. The summed E-state index contributed by atoms with van der Waals surface area (Å²) in [5.41, 5.74) is 3.05. The first-order valence-corrected chi connectivity index (χ1v) is 5.78. The van der Waals surface area contributed by atoms with Gasteiger partial charge in [-0.1, -0.05) is 12.1 Å². The van der Waals surface area contributed by atoms with Crippen LogP contribution in [0, 0.1) is 11.8 Å². The average Bonchev–Trinajstić information content (AvgIpc) is 2.92. The molecule has 0 spiro atoms. The number of carboxylic acids is 1. The molecule has 2 N–H and O–H groups in total. The van der Waals surface area contributed by atoms with Crippen molar-refractivity contribution in [1.82, 2.24) is 0 Å². The molecule has 2 atom stereocenters. The van der Waals surface area contributed by atoms with Crippen LogP contribution in [0.4, 0.5) is 5.69 Å². The molecule has 0 aromatic heterocycles. The van der Waals surface area contributed by atoms with Crippen molar-refractivity contribution in [2.45, 2.75) is 19.3 Å². The van der Waals surface area contributed by atoms with Gasteiger partial charge in [0.15, 0.2) is 0 Å². The van der Waals surface area contributed by atoms with Crippen LogP contribution in [0.2, 0.25) is 0 Å². The molecule has 1 saturated carbocycles. The summed E-state index contributed by atoms with van der Waals surface area (Å²) in [6.07, 6.45) is 2.03. The molecule has 1 heterocycles. The lowest BCUT2D eigenvalue weighted by molar-refractivity contribution is -0.138. The number of rotatable bonds is 3. The Hall–Kier alpha value is -1.84. The number of anilines is 1. The molecule has 1 aliphatic carbocycles. The Balaban J connectivity index is 1.72. The van der Waals surface area contributed by atoms with E-state index in [1.165, 1.54) is 0 Å². The van der Waals surface area contributed by atoms with Crippen LogP contribution >= 0.6 is 0 Å². The third-order valence-electron chi connectivity index (χ3n) is 3.53. The van der Waals surface area contributed by atoms with Crippen molar-refractivity contribution in [3.8, 4) is 0 Å². The predicted molar refractivity (Wildman–Crippen MR) is 61.7 cm³/mol. The van der Waals surface area contributed by atoms with Crippen LogP contribution in [0.25, 0.3) is 0 Å². The zero-order chi connectivity index (χ0) is 12.0. The number of hydrogen-bond donors (Lipinski definition) is 2. The van der Waals surface area contributed by atoms with E-state index in [1.807, 2.05) is 18.2 Å². The first-order chi connectivity index (χ1) is 8.13. The van der Waals surface area contributed by atoms with Gasteiger partial charge in [-0.25, -0.2) is 0 Å². The summed E-state index contributed by atoms with van der Waals surface area (Å²) < 4.78 is 0. The molecule has 1 aromatic rings. The molecule has 3 rings (SSSR count). The lowest BCUT2D eigenvalue weighted by atomic mass is 10.0. The Kier molecular flexibility index (Phi) is 2.18. The van der Waals surface area contributed by atoms with Gasteiger partial charge in [0, 0.05) is 5.69 Å². The Morgan fingerprint density at radius 2 is 2.29 bits per heavy atom. The number of aliphatic carboxylic acids is 1. The van der Waals surface area contributed by atoms with Gasteiger partial charge in [-0.3, -0.25) is 9.59 Å². The van der Waals surface area contributed by atoms with Gasteiger partial charge in [-0.15, -0.1) is 0 Å². The molecule has 4 nitrogen and oxygen atoms in total. The summed E-state index contributed by atoms with van der Waals surface area (Å²) in [6, 6.07) is 5.90. The highest BCUT2D eigenvalue weighted by molar-refractivity contribution is 5.99. The molecule has 1 aromatic carbocycles. The van der Waals surface area contributed by atoms with E-state index in [1.54, 1.807) is 0 Å². The molecule has 0 saturated heterocycles. The predicted octanol–water partition coefficient (Wildman–Crippen LogP) is 1.44. The Bertz CT molecular complexity index is 509. The molecule has 1 aliphatic heterocycles. The number of nitrogens with one attached hydrogen (secondary N) is 1. The molecular formula is C13H13NO3. The normalized spacial score (nSPS) is 25.3. The Morgan fingerprint density at radius 1 is 1.47 bits per heavy atom. The summed E-state index contributed by atoms with van der Waals surface area (Å²) >= 11 is 0. The summed E-state index contributed by atoms with van der Waals surface area (Å²) in [6.45, 7) is 0. The highest BCUT2D eigenvalue weighted by atomic mass is 16.4. The first kappa shape index (κ1) is 10.3. The van der Waals surface area contributed by atoms with Crippen molar-refractivity contribution in [2.75, 3.05) is 5.32 Å². The van der Waals surface area contributed by atoms with Crippen molar-refractivity contribution in [3.63, 3.8) is 0 Å². The molecule has 88 valence electrons. The van der Waals surface area contributed by atoms with Gasteiger partial charge < -0.3 is 10.4 Å². The van der Waals surface area contributed by atoms with Gasteiger partial charge in [0.05, 0.1) is 12.3 Å².